The fourth-order valence-corrected chi connectivity index (χ4v) is 1.20. The molecule has 0 aliphatic rings. The highest BCUT2D eigenvalue weighted by Gasteiger charge is 1.86. The van der Waals surface area contributed by atoms with Crippen LogP contribution < -0.4 is 0 Å². The van der Waals surface area contributed by atoms with Crippen molar-refractivity contribution < 1.29 is 0 Å². The number of benzene rings is 1. The van der Waals surface area contributed by atoms with E-state index in [4.69, 9.17) is 0 Å². The Morgan fingerprint density at radius 2 is 1.67 bits per heavy atom. The number of hydrogen-bond donors (Lipinski definition) is 1. The Morgan fingerprint density at radius 1 is 0.867 bits per heavy atom. The molecule has 0 saturated carbocycles. The first kappa shape index (κ1) is 9.33. The van der Waals surface area contributed by atoms with Crippen molar-refractivity contribution in [3.05, 3.63) is 55.0 Å². The molecule has 0 aliphatic heterocycles. The molecular weight excluding hydrogens is 188 g/mol. The predicted molar refractivity (Wildman–Crippen MR) is 58.1 cm³/mol. The van der Waals surface area contributed by atoms with Gasteiger partial charge in [0, 0.05) is 11.7 Å². The molecule has 0 saturated heterocycles. The molecule has 15 heavy (non-hydrogen) atoms. The number of hydrogen-bond acceptors (Lipinski definition) is 3. The van der Waals surface area contributed by atoms with Crippen LogP contribution in [-0.2, 0) is 0 Å². The molecule has 0 amide bonds. The Hall–Kier alpha value is -2.23. The summed E-state index contributed by atoms with van der Waals surface area (Å²) in [5.41, 5.74) is 1.21. The number of H-pyrrole nitrogens is 1. The molecular formula is C11H10N4. The molecule has 0 aliphatic carbocycles. The molecule has 1 aromatic carbocycles. The summed E-state index contributed by atoms with van der Waals surface area (Å²) in [7, 11) is 0. The molecule has 0 fully saturated rings. The second-order valence-electron chi connectivity index (χ2n) is 2.88. The number of para-hydroxylation sites is 1. The molecule has 3 aromatic rings. The SMILES string of the molecule is c1ccc2[nH]ccc2c1.c1cnnnc1. The van der Waals surface area contributed by atoms with Crippen molar-refractivity contribution in [2.24, 2.45) is 0 Å². The standard InChI is InChI=1S/C8H7N.C3H3N3/c1-2-4-8-7(3-1)5-6-9-8;1-2-4-6-5-3-1/h1-6,9H;1-3H. The number of aromatic amines is 1. The number of aromatic nitrogens is 4. The lowest BCUT2D eigenvalue weighted by Gasteiger charge is -1.83. The van der Waals surface area contributed by atoms with E-state index in [2.05, 4.69) is 38.6 Å². The van der Waals surface area contributed by atoms with Crippen LogP contribution in [0.5, 0.6) is 0 Å². The van der Waals surface area contributed by atoms with Gasteiger partial charge in [-0.15, -0.1) is 10.2 Å². The van der Waals surface area contributed by atoms with E-state index in [0.29, 0.717) is 0 Å². The molecule has 74 valence electrons. The fourth-order valence-electron chi connectivity index (χ4n) is 1.20. The zero-order chi connectivity index (χ0) is 10.3. The monoisotopic (exact) mass is 198 g/mol. The Balaban J connectivity index is 0.000000124. The van der Waals surface area contributed by atoms with Gasteiger partial charge in [-0.1, -0.05) is 18.2 Å². The summed E-state index contributed by atoms with van der Waals surface area (Å²) in [6.45, 7) is 0. The maximum atomic E-state index is 3.42. The fraction of sp³-hybridized carbons (Fsp3) is 0. The van der Waals surface area contributed by atoms with Gasteiger partial charge in [0.15, 0.2) is 0 Å². The van der Waals surface area contributed by atoms with Crippen LogP contribution in [0.15, 0.2) is 55.0 Å². The van der Waals surface area contributed by atoms with E-state index >= 15 is 0 Å². The van der Waals surface area contributed by atoms with Gasteiger partial charge in [-0.05, 0) is 28.8 Å². The Kier molecular flexibility index (Phi) is 3.02. The number of nitrogens with one attached hydrogen (secondary N) is 1. The van der Waals surface area contributed by atoms with Crippen LogP contribution in [0.3, 0.4) is 0 Å². The van der Waals surface area contributed by atoms with Crippen LogP contribution in [0, 0.1) is 0 Å². The van der Waals surface area contributed by atoms with Crippen molar-refractivity contribution in [1.82, 2.24) is 20.4 Å². The topological polar surface area (TPSA) is 54.5 Å². The van der Waals surface area contributed by atoms with Crippen molar-refractivity contribution in [3.63, 3.8) is 0 Å². The predicted octanol–water partition coefficient (Wildman–Crippen LogP) is 2.04. The lowest BCUT2D eigenvalue weighted by atomic mass is 10.3. The minimum Gasteiger partial charge on any atom is -0.361 e. The Labute approximate surface area is 87.0 Å². The smallest absolute Gasteiger partial charge is 0.0529 e. The maximum absolute atomic E-state index is 3.42. The van der Waals surface area contributed by atoms with Crippen LogP contribution in [0.4, 0.5) is 0 Å². The third-order valence-corrected chi connectivity index (χ3v) is 1.87. The lowest BCUT2D eigenvalue weighted by Crippen LogP contribution is -1.78. The Morgan fingerprint density at radius 3 is 2.27 bits per heavy atom. The first-order valence-corrected chi connectivity index (χ1v) is 4.57. The normalized spacial score (nSPS) is 9.33. The highest BCUT2D eigenvalue weighted by molar-refractivity contribution is 5.78. The van der Waals surface area contributed by atoms with Gasteiger partial charge in [-0.3, -0.25) is 0 Å². The molecule has 2 heterocycles. The average Bonchev–Trinajstić information content (AvgIpc) is 2.80. The van der Waals surface area contributed by atoms with E-state index in [9.17, 15) is 0 Å². The van der Waals surface area contributed by atoms with Crippen LogP contribution in [0.1, 0.15) is 0 Å². The second-order valence-corrected chi connectivity index (χ2v) is 2.88. The molecule has 0 bridgehead atoms. The minimum atomic E-state index is 1.21. The van der Waals surface area contributed by atoms with Crippen molar-refractivity contribution in [2.75, 3.05) is 0 Å². The van der Waals surface area contributed by atoms with Gasteiger partial charge in [-0.25, -0.2) is 0 Å². The van der Waals surface area contributed by atoms with Crippen LogP contribution >= 0.6 is 0 Å². The number of rotatable bonds is 0. The molecule has 0 radical (unpaired) electrons. The van der Waals surface area contributed by atoms with E-state index in [1.54, 1.807) is 18.5 Å². The highest BCUT2D eigenvalue weighted by Crippen LogP contribution is 2.09. The van der Waals surface area contributed by atoms with Gasteiger partial charge in [0.25, 0.3) is 0 Å². The Bertz CT molecular complexity index is 447. The van der Waals surface area contributed by atoms with E-state index in [-0.39, 0.29) is 0 Å². The van der Waals surface area contributed by atoms with Gasteiger partial charge in [0.2, 0.25) is 0 Å². The number of fused-ring (bicyclic) bond motifs is 1. The molecule has 3 rings (SSSR count). The summed E-state index contributed by atoms with van der Waals surface area (Å²) in [5, 5.41) is 11.4. The first-order chi connectivity index (χ1) is 7.47. The zero-order valence-corrected chi connectivity index (χ0v) is 8.04. The van der Waals surface area contributed by atoms with Gasteiger partial charge < -0.3 is 4.98 Å². The number of nitrogens with zero attached hydrogens (tertiary/aromatic N) is 3. The van der Waals surface area contributed by atoms with Crippen molar-refractivity contribution in [1.29, 1.82) is 0 Å². The molecule has 0 spiro atoms. The molecule has 4 nitrogen and oxygen atoms in total. The molecule has 0 atom stereocenters. The summed E-state index contributed by atoms with van der Waals surface area (Å²) < 4.78 is 0. The molecule has 4 heteroatoms. The minimum absolute atomic E-state index is 1.21. The maximum Gasteiger partial charge on any atom is 0.0529 e. The summed E-state index contributed by atoms with van der Waals surface area (Å²) in [6, 6.07) is 12.0. The average molecular weight is 198 g/mol. The van der Waals surface area contributed by atoms with Crippen molar-refractivity contribution in [2.45, 2.75) is 0 Å². The quantitative estimate of drug-likeness (QED) is 0.601. The second kappa shape index (κ2) is 4.85. The third-order valence-electron chi connectivity index (χ3n) is 1.87. The summed E-state index contributed by atoms with van der Waals surface area (Å²) in [6.07, 6.45) is 5.10. The van der Waals surface area contributed by atoms with Gasteiger partial charge >= 0.3 is 0 Å². The van der Waals surface area contributed by atoms with E-state index in [0.717, 1.165) is 0 Å². The summed E-state index contributed by atoms with van der Waals surface area (Å²) in [4.78, 5) is 3.12. The largest absolute Gasteiger partial charge is 0.361 e. The molecule has 2 aromatic heterocycles. The summed E-state index contributed by atoms with van der Waals surface area (Å²) >= 11 is 0. The molecule has 1 N–H and O–H groups in total. The van der Waals surface area contributed by atoms with Gasteiger partial charge in [0.1, 0.15) is 0 Å². The zero-order valence-electron chi connectivity index (χ0n) is 8.04. The van der Waals surface area contributed by atoms with Crippen LogP contribution in [0.25, 0.3) is 10.9 Å². The molecule has 0 unspecified atom stereocenters. The van der Waals surface area contributed by atoms with E-state index < -0.39 is 0 Å². The van der Waals surface area contributed by atoms with Crippen molar-refractivity contribution >= 4 is 10.9 Å². The third kappa shape index (κ3) is 2.60. The first-order valence-electron chi connectivity index (χ1n) is 4.57. The van der Waals surface area contributed by atoms with E-state index in [1.807, 2.05) is 18.3 Å². The van der Waals surface area contributed by atoms with Gasteiger partial charge in [0.05, 0.1) is 12.4 Å². The van der Waals surface area contributed by atoms with Crippen LogP contribution in [-0.4, -0.2) is 20.4 Å². The van der Waals surface area contributed by atoms with Gasteiger partial charge in [-0.2, -0.15) is 0 Å². The summed E-state index contributed by atoms with van der Waals surface area (Å²) in [5.74, 6) is 0. The van der Waals surface area contributed by atoms with Crippen LogP contribution in [0.2, 0.25) is 0 Å². The van der Waals surface area contributed by atoms with Crippen molar-refractivity contribution in [3.8, 4) is 0 Å². The van der Waals surface area contributed by atoms with E-state index in [1.165, 1.54) is 10.9 Å². The highest BCUT2D eigenvalue weighted by atomic mass is 15.3. The lowest BCUT2D eigenvalue weighted by molar-refractivity contribution is 0.865.